The third-order valence-electron chi connectivity index (χ3n) is 4.35. The van der Waals surface area contributed by atoms with Gasteiger partial charge in [0.2, 0.25) is 5.91 Å². The highest BCUT2D eigenvalue weighted by molar-refractivity contribution is 5.91. The zero-order valence-electron chi connectivity index (χ0n) is 17.6. The van der Waals surface area contributed by atoms with Crippen LogP contribution in [0.1, 0.15) is 52.4 Å². The number of primary amides is 1. The van der Waals surface area contributed by atoms with Gasteiger partial charge in [-0.2, -0.15) is 0 Å². The van der Waals surface area contributed by atoms with Crippen molar-refractivity contribution >= 4 is 29.7 Å². The van der Waals surface area contributed by atoms with Crippen LogP contribution in [-0.2, 0) is 28.7 Å². The number of nitrogens with one attached hydrogen (secondary N) is 2. The minimum atomic E-state index is -0.753. The van der Waals surface area contributed by atoms with Crippen LogP contribution in [0.15, 0.2) is 0 Å². The Labute approximate surface area is 171 Å². The van der Waals surface area contributed by atoms with Crippen molar-refractivity contribution in [2.75, 3.05) is 20.8 Å². The number of urea groups is 1. The molecule has 0 bridgehead atoms. The molecular weight excluding hydrogens is 382 g/mol. The minimum Gasteiger partial charge on any atom is -0.469 e. The molecule has 10 nitrogen and oxygen atoms in total. The van der Waals surface area contributed by atoms with Crippen LogP contribution in [0.5, 0.6) is 0 Å². The number of esters is 2. The second-order valence-electron chi connectivity index (χ2n) is 7.04. The second kappa shape index (κ2) is 14.4. The van der Waals surface area contributed by atoms with Gasteiger partial charge in [-0.15, -0.1) is 0 Å². The van der Waals surface area contributed by atoms with Gasteiger partial charge in [-0.3, -0.25) is 19.2 Å². The summed E-state index contributed by atoms with van der Waals surface area (Å²) >= 11 is 0. The van der Waals surface area contributed by atoms with E-state index >= 15 is 0 Å². The quantitative estimate of drug-likeness (QED) is 0.278. The Balaban J connectivity index is 4.79. The molecule has 0 aromatic carbocycles. The molecule has 0 heterocycles. The lowest BCUT2D eigenvalue weighted by Crippen LogP contribution is -2.45. The van der Waals surface area contributed by atoms with Gasteiger partial charge in [0.1, 0.15) is 0 Å². The Bertz CT molecular complexity index is 578. The van der Waals surface area contributed by atoms with Gasteiger partial charge in [-0.25, -0.2) is 4.79 Å². The highest BCUT2D eigenvalue weighted by Gasteiger charge is 2.29. The fourth-order valence-electron chi connectivity index (χ4n) is 2.76. The van der Waals surface area contributed by atoms with Gasteiger partial charge >= 0.3 is 18.0 Å². The van der Waals surface area contributed by atoms with E-state index < -0.39 is 29.9 Å². The summed E-state index contributed by atoms with van der Waals surface area (Å²) in [6.45, 7) is 3.87. The fourth-order valence-corrected chi connectivity index (χ4v) is 2.76. The standard InChI is InChI=1S/C19H33N3O7/c1-12(2)17(22-15(24)8-5-9-16(25)28-3)14(23)11-13(18(26)29-4)7-6-10-21-19(20)27/h12-13,17H,5-11H2,1-4H3,(H,22,24)(H3,20,21,27)/t13-,17+/m1/s1. The summed E-state index contributed by atoms with van der Waals surface area (Å²) in [5.41, 5.74) is 4.99. The van der Waals surface area contributed by atoms with Gasteiger partial charge in [0.15, 0.2) is 5.78 Å². The van der Waals surface area contributed by atoms with E-state index in [2.05, 4.69) is 15.4 Å². The van der Waals surface area contributed by atoms with Crippen LogP contribution in [0.25, 0.3) is 0 Å². The molecule has 0 aliphatic carbocycles. The van der Waals surface area contributed by atoms with Crippen LogP contribution in [-0.4, -0.2) is 56.5 Å². The maximum absolute atomic E-state index is 12.7. The number of ether oxygens (including phenoxy) is 2. The normalized spacial score (nSPS) is 12.6. The highest BCUT2D eigenvalue weighted by atomic mass is 16.5. The van der Waals surface area contributed by atoms with Crippen molar-refractivity contribution in [2.24, 2.45) is 17.6 Å². The monoisotopic (exact) mass is 415 g/mol. The van der Waals surface area contributed by atoms with E-state index in [9.17, 15) is 24.0 Å². The third kappa shape index (κ3) is 11.7. The summed E-state index contributed by atoms with van der Waals surface area (Å²) < 4.78 is 9.29. The molecule has 0 radical (unpaired) electrons. The molecule has 4 N–H and O–H groups in total. The number of carbonyl (C=O) groups is 5. The van der Waals surface area contributed by atoms with E-state index in [-0.39, 0.29) is 43.4 Å². The molecule has 0 unspecified atom stereocenters. The predicted octanol–water partition coefficient (Wildman–Crippen LogP) is 0.667. The van der Waals surface area contributed by atoms with Gasteiger partial charge in [-0.1, -0.05) is 13.8 Å². The predicted molar refractivity (Wildman–Crippen MR) is 105 cm³/mol. The van der Waals surface area contributed by atoms with Crippen molar-refractivity contribution in [3.8, 4) is 0 Å². The molecule has 0 aromatic rings. The highest BCUT2D eigenvalue weighted by Crippen LogP contribution is 2.17. The number of rotatable bonds is 14. The Morgan fingerprint density at radius 3 is 2.14 bits per heavy atom. The van der Waals surface area contributed by atoms with Crippen LogP contribution in [0.4, 0.5) is 4.79 Å². The maximum atomic E-state index is 12.7. The van der Waals surface area contributed by atoms with Crippen LogP contribution in [0.3, 0.4) is 0 Å². The van der Waals surface area contributed by atoms with Crippen molar-refractivity contribution in [3.63, 3.8) is 0 Å². The Hall–Kier alpha value is -2.65. The number of hydrogen-bond acceptors (Lipinski definition) is 7. The summed E-state index contributed by atoms with van der Waals surface area (Å²) in [6.07, 6.45) is 1.21. The number of methoxy groups -OCH3 is 2. The summed E-state index contributed by atoms with van der Waals surface area (Å²) in [5, 5.41) is 5.11. The van der Waals surface area contributed by atoms with Crippen LogP contribution >= 0.6 is 0 Å². The molecule has 166 valence electrons. The third-order valence-corrected chi connectivity index (χ3v) is 4.35. The lowest BCUT2D eigenvalue weighted by atomic mass is 9.90. The summed E-state index contributed by atoms with van der Waals surface area (Å²) in [6, 6.07) is -1.41. The molecule has 0 aliphatic rings. The summed E-state index contributed by atoms with van der Waals surface area (Å²) in [4.78, 5) is 58.7. The van der Waals surface area contributed by atoms with Crippen molar-refractivity contribution in [1.82, 2.24) is 10.6 Å². The minimum absolute atomic E-state index is 0.0881. The molecule has 10 heteroatoms. The first-order valence-corrected chi connectivity index (χ1v) is 9.62. The molecule has 29 heavy (non-hydrogen) atoms. The van der Waals surface area contributed by atoms with Crippen LogP contribution < -0.4 is 16.4 Å². The first-order valence-electron chi connectivity index (χ1n) is 9.62. The van der Waals surface area contributed by atoms with E-state index in [0.29, 0.717) is 19.3 Å². The molecule has 0 aliphatic heterocycles. The molecule has 0 saturated heterocycles. The number of nitrogens with two attached hydrogens (primary N) is 1. The lowest BCUT2D eigenvalue weighted by Gasteiger charge is -2.23. The zero-order valence-corrected chi connectivity index (χ0v) is 17.6. The molecule has 0 aromatic heterocycles. The molecule has 0 spiro atoms. The molecule has 3 amide bonds. The molecule has 0 fully saturated rings. The van der Waals surface area contributed by atoms with E-state index in [1.807, 2.05) is 0 Å². The number of carbonyl (C=O) groups excluding carboxylic acids is 5. The van der Waals surface area contributed by atoms with Gasteiger partial charge < -0.3 is 25.8 Å². The first kappa shape index (κ1) is 26.4. The van der Waals surface area contributed by atoms with Crippen LogP contribution in [0.2, 0.25) is 0 Å². The molecule has 0 saturated carbocycles. The summed E-state index contributed by atoms with van der Waals surface area (Å²) in [7, 11) is 2.52. The van der Waals surface area contributed by atoms with Gasteiger partial charge in [0.25, 0.3) is 0 Å². The Morgan fingerprint density at radius 1 is 0.966 bits per heavy atom. The van der Waals surface area contributed by atoms with E-state index in [0.717, 1.165) is 0 Å². The van der Waals surface area contributed by atoms with Crippen molar-refractivity contribution in [1.29, 1.82) is 0 Å². The maximum Gasteiger partial charge on any atom is 0.312 e. The number of ketones is 1. The van der Waals surface area contributed by atoms with Gasteiger partial charge in [0, 0.05) is 25.8 Å². The largest absolute Gasteiger partial charge is 0.469 e. The van der Waals surface area contributed by atoms with E-state index in [1.165, 1.54) is 14.2 Å². The molecular formula is C19H33N3O7. The first-order chi connectivity index (χ1) is 13.6. The number of hydrogen-bond donors (Lipinski definition) is 3. The average Bonchev–Trinajstić information content (AvgIpc) is 2.66. The van der Waals surface area contributed by atoms with Crippen molar-refractivity contribution in [3.05, 3.63) is 0 Å². The molecule has 0 rings (SSSR count). The van der Waals surface area contributed by atoms with Crippen molar-refractivity contribution < 1.29 is 33.4 Å². The van der Waals surface area contributed by atoms with E-state index in [1.54, 1.807) is 13.8 Å². The van der Waals surface area contributed by atoms with Crippen molar-refractivity contribution in [2.45, 2.75) is 58.4 Å². The van der Waals surface area contributed by atoms with Gasteiger partial charge in [0.05, 0.1) is 26.2 Å². The lowest BCUT2D eigenvalue weighted by molar-refractivity contribution is -0.147. The topological polar surface area (TPSA) is 154 Å². The average molecular weight is 415 g/mol. The SMILES string of the molecule is COC(=O)CCCC(=O)N[C@H](C(=O)C[C@@H](CCCNC(N)=O)C(=O)OC)C(C)C. The Morgan fingerprint density at radius 2 is 1.62 bits per heavy atom. The number of amides is 3. The smallest absolute Gasteiger partial charge is 0.312 e. The van der Waals surface area contributed by atoms with Gasteiger partial charge in [-0.05, 0) is 25.2 Å². The number of Topliss-reactive ketones (excluding diaryl/α,β-unsaturated/α-hetero) is 1. The van der Waals surface area contributed by atoms with E-state index in [4.69, 9.17) is 10.5 Å². The fraction of sp³-hybridized carbons (Fsp3) is 0.737. The zero-order chi connectivity index (χ0) is 22.4. The Kier molecular flexibility index (Phi) is 13.0. The second-order valence-corrected chi connectivity index (χ2v) is 7.04. The van der Waals surface area contributed by atoms with Crippen LogP contribution in [0, 0.1) is 11.8 Å². The molecule has 2 atom stereocenters. The summed E-state index contributed by atoms with van der Waals surface area (Å²) in [5.74, 6) is -2.41.